The molecule has 0 atom stereocenters. The lowest BCUT2D eigenvalue weighted by Crippen LogP contribution is -2.17. The van der Waals surface area contributed by atoms with Crippen LogP contribution in [0.25, 0.3) is 28.1 Å². The van der Waals surface area contributed by atoms with Crippen LogP contribution in [0.1, 0.15) is 5.56 Å². The van der Waals surface area contributed by atoms with Gasteiger partial charge in [0.15, 0.2) is 0 Å². The first-order valence-electron chi connectivity index (χ1n) is 8.05. The van der Waals surface area contributed by atoms with E-state index in [0.717, 1.165) is 27.6 Å². The molecular weight excluding hydrogens is 380 g/mol. The quantitative estimate of drug-likeness (QED) is 0.515. The summed E-state index contributed by atoms with van der Waals surface area (Å²) in [5.74, 6) is 0.642. The lowest BCUT2D eigenvalue weighted by Gasteiger charge is -2.11. The highest BCUT2D eigenvalue weighted by Crippen LogP contribution is 2.34. The molecule has 1 aliphatic rings. The summed E-state index contributed by atoms with van der Waals surface area (Å²) in [7, 11) is 1.62. The largest absolute Gasteiger partial charge is 0.506 e. The van der Waals surface area contributed by atoms with Crippen molar-refractivity contribution in [1.82, 2.24) is 10.3 Å². The van der Waals surface area contributed by atoms with Gasteiger partial charge in [0.25, 0.3) is 5.91 Å². The third-order valence-electron chi connectivity index (χ3n) is 4.14. The summed E-state index contributed by atoms with van der Waals surface area (Å²) in [6.07, 6.45) is 3.22. The number of carbonyl (C=O) groups excluding carboxylic acids is 1. The maximum absolute atomic E-state index is 11.9. The summed E-state index contributed by atoms with van der Waals surface area (Å²) in [4.78, 5) is 16.7. The fraction of sp³-hybridized carbons (Fsp3) is 0.0500. The SMILES string of the molecule is COc1ccc(C=C2SC(=S)NC2=O)cc1-c1ccc2ncc(O)cc2c1. The highest BCUT2D eigenvalue weighted by atomic mass is 32.2. The lowest BCUT2D eigenvalue weighted by atomic mass is 9.99. The number of nitrogens with zero attached hydrogens (tertiary/aromatic N) is 1. The molecule has 134 valence electrons. The summed E-state index contributed by atoms with van der Waals surface area (Å²) >= 11 is 6.28. The number of rotatable bonds is 3. The molecule has 0 saturated carbocycles. The van der Waals surface area contributed by atoms with E-state index in [1.807, 2.05) is 36.4 Å². The van der Waals surface area contributed by atoms with E-state index in [1.54, 1.807) is 19.3 Å². The molecule has 0 unspecified atom stereocenters. The maximum Gasteiger partial charge on any atom is 0.263 e. The number of aromatic nitrogens is 1. The minimum absolute atomic E-state index is 0.116. The maximum atomic E-state index is 11.9. The third-order valence-corrected chi connectivity index (χ3v) is 5.30. The zero-order valence-electron chi connectivity index (χ0n) is 14.2. The summed E-state index contributed by atoms with van der Waals surface area (Å²) in [6, 6.07) is 13.2. The molecule has 4 rings (SSSR count). The van der Waals surface area contributed by atoms with E-state index in [9.17, 15) is 9.90 Å². The first-order valence-corrected chi connectivity index (χ1v) is 9.28. The van der Waals surface area contributed by atoms with Crippen LogP contribution in [0.15, 0.2) is 53.6 Å². The van der Waals surface area contributed by atoms with Crippen LogP contribution in [0.4, 0.5) is 0 Å². The van der Waals surface area contributed by atoms with Crippen molar-refractivity contribution < 1.29 is 14.6 Å². The van der Waals surface area contributed by atoms with Gasteiger partial charge in [-0.3, -0.25) is 9.78 Å². The summed E-state index contributed by atoms with van der Waals surface area (Å²) < 4.78 is 5.97. The molecule has 1 amide bonds. The van der Waals surface area contributed by atoms with Crippen LogP contribution in [0.5, 0.6) is 11.5 Å². The van der Waals surface area contributed by atoms with Gasteiger partial charge in [-0.25, -0.2) is 0 Å². The van der Waals surface area contributed by atoms with Crippen molar-refractivity contribution in [1.29, 1.82) is 0 Å². The van der Waals surface area contributed by atoms with E-state index in [0.29, 0.717) is 15.0 Å². The number of thiocarbonyl (C=S) groups is 1. The van der Waals surface area contributed by atoms with Crippen molar-refractivity contribution in [3.63, 3.8) is 0 Å². The van der Waals surface area contributed by atoms with Gasteiger partial charge in [-0.05, 0) is 47.5 Å². The van der Waals surface area contributed by atoms with E-state index in [2.05, 4.69) is 10.3 Å². The number of carbonyl (C=O) groups is 1. The molecular formula is C20H14N2O3S2. The molecule has 2 N–H and O–H groups in total. The first-order chi connectivity index (χ1) is 13.0. The first kappa shape index (κ1) is 17.5. The van der Waals surface area contributed by atoms with Gasteiger partial charge in [0, 0.05) is 10.9 Å². The Morgan fingerprint density at radius 1 is 1.22 bits per heavy atom. The molecule has 7 heteroatoms. The van der Waals surface area contributed by atoms with Gasteiger partial charge in [0.1, 0.15) is 15.8 Å². The van der Waals surface area contributed by atoms with Crippen molar-refractivity contribution in [2.75, 3.05) is 7.11 Å². The van der Waals surface area contributed by atoms with Gasteiger partial charge in [-0.1, -0.05) is 36.1 Å². The monoisotopic (exact) mass is 394 g/mol. The Kier molecular flexibility index (Phi) is 4.55. The highest BCUT2D eigenvalue weighted by Gasteiger charge is 2.22. The Hall–Kier alpha value is -2.90. The van der Waals surface area contributed by atoms with Gasteiger partial charge < -0.3 is 15.2 Å². The number of amides is 1. The lowest BCUT2D eigenvalue weighted by molar-refractivity contribution is -0.115. The van der Waals surface area contributed by atoms with Gasteiger partial charge in [0.2, 0.25) is 0 Å². The average Bonchev–Trinajstić information content (AvgIpc) is 2.98. The second kappa shape index (κ2) is 7.02. The molecule has 3 aromatic rings. The summed E-state index contributed by atoms with van der Waals surface area (Å²) in [6.45, 7) is 0. The zero-order valence-corrected chi connectivity index (χ0v) is 15.9. The minimum Gasteiger partial charge on any atom is -0.506 e. The molecule has 1 saturated heterocycles. The fourth-order valence-corrected chi connectivity index (χ4v) is 3.95. The van der Waals surface area contributed by atoms with Crippen LogP contribution >= 0.6 is 24.0 Å². The second-order valence-corrected chi connectivity index (χ2v) is 7.63. The number of hydrogen-bond donors (Lipinski definition) is 2. The minimum atomic E-state index is -0.186. The number of nitrogens with one attached hydrogen (secondary N) is 1. The van der Waals surface area contributed by atoms with Crippen molar-refractivity contribution >= 4 is 51.2 Å². The number of ether oxygens (including phenoxy) is 1. The highest BCUT2D eigenvalue weighted by molar-refractivity contribution is 8.26. The predicted molar refractivity (Wildman–Crippen MR) is 112 cm³/mol. The molecule has 1 fully saturated rings. The van der Waals surface area contributed by atoms with E-state index < -0.39 is 0 Å². The molecule has 0 spiro atoms. The van der Waals surface area contributed by atoms with Gasteiger partial charge in [0.05, 0.1) is 23.7 Å². The molecule has 0 radical (unpaired) electrons. The van der Waals surface area contributed by atoms with Crippen LogP contribution in [-0.4, -0.2) is 27.4 Å². The van der Waals surface area contributed by atoms with Crippen LogP contribution in [0.2, 0.25) is 0 Å². The number of thioether (sulfide) groups is 1. The molecule has 1 aliphatic heterocycles. The van der Waals surface area contributed by atoms with Crippen molar-refractivity contribution in [3.8, 4) is 22.6 Å². The Morgan fingerprint density at radius 2 is 2.07 bits per heavy atom. The normalized spacial score (nSPS) is 15.4. The third kappa shape index (κ3) is 3.51. The molecule has 1 aromatic heterocycles. The Labute approximate surface area is 165 Å². The Bertz CT molecular complexity index is 1130. The van der Waals surface area contributed by atoms with Gasteiger partial charge in [-0.2, -0.15) is 0 Å². The smallest absolute Gasteiger partial charge is 0.263 e. The summed E-state index contributed by atoms with van der Waals surface area (Å²) in [5, 5.41) is 13.1. The number of methoxy groups -OCH3 is 1. The van der Waals surface area contributed by atoms with E-state index in [-0.39, 0.29) is 11.7 Å². The van der Waals surface area contributed by atoms with Crippen LogP contribution in [0.3, 0.4) is 0 Å². The van der Waals surface area contributed by atoms with Crippen LogP contribution in [-0.2, 0) is 4.79 Å². The number of benzene rings is 2. The fourth-order valence-electron chi connectivity index (χ4n) is 2.90. The topological polar surface area (TPSA) is 71.5 Å². The number of hydrogen-bond acceptors (Lipinski definition) is 6. The van der Waals surface area contributed by atoms with Gasteiger partial charge in [-0.15, -0.1) is 0 Å². The average molecular weight is 394 g/mol. The second-order valence-electron chi connectivity index (χ2n) is 5.91. The van der Waals surface area contributed by atoms with E-state index >= 15 is 0 Å². The van der Waals surface area contributed by atoms with Crippen molar-refractivity contribution in [2.45, 2.75) is 0 Å². The Morgan fingerprint density at radius 3 is 2.81 bits per heavy atom. The van der Waals surface area contributed by atoms with Crippen LogP contribution < -0.4 is 10.1 Å². The van der Waals surface area contributed by atoms with Crippen molar-refractivity contribution in [3.05, 3.63) is 59.1 Å². The van der Waals surface area contributed by atoms with Crippen LogP contribution in [0, 0.1) is 0 Å². The molecule has 2 aromatic carbocycles. The number of fused-ring (bicyclic) bond motifs is 1. The molecule has 0 aliphatic carbocycles. The molecule has 5 nitrogen and oxygen atoms in total. The summed E-state index contributed by atoms with van der Waals surface area (Å²) in [5.41, 5.74) is 3.46. The standard InChI is InChI=1S/C20H14N2O3S2/c1-25-17-5-2-11(7-18-19(24)22-20(26)27-18)6-15(17)12-3-4-16-13(8-12)9-14(23)10-21-16/h2-10,23H,1H3,(H,22,24,26). The van der Waals surface area contributed by atoms with Gasteiger partial charge >= 0.3 is 0 Å². The zero-order chi connectivity index (χ0) is 19.0. The number of pyridine rings is 1. The predicted octanol–water partition coefficient (Wildman–Crippen LogP) is 4.10. The molecule has 27 heavy (non-hydrogen) atoms. The molecule has 2 heterocycles. The van der Waals surface area contributed by atoms with E-state index in [4.69, 9.17) is 17.0 Å². The number of aromatic hydroxyl groups is 1. The van der Waals surface area contributed by atoms with E-state index in [1.165, 1.54) is 18.0 Å². The van der Waals surface area contributed by atoms with Crippen molar-refractivity contribution in [2.24, 2.45) is 0 Å². The Balaban J connectivity index is 1.81. The molecule has 0 bridgehead atoms.